The zero-order valence-electron chi connectivity index (χ0n) is 22.1. The van der Waals surface area contributed by atoms with Crippen molar-refractivity contribution in [3.05, 3.63) is 42.2 Å². The van der Waals surface area contributed by atoms with Gasteiger partial charge >= 0.3 is 0 Å². The van der Waals surface area contributed by atoms with Crippen molar-refractivity contribution in [3.63, 3.8) is 0 Å². The van der Waals surface area contributed by atoms with Crippen LogP contribution in [0, 0.1) is 23.2 Å². The Morgan fingerprint density at radius 2 is 1.87 bits per heavy atom. The monoisotopic (exact) mass is 563 g/mol. The summed E-state index contributed by atoms with van der Waals surface area (Å²) >= 11 is 0. The number of rotatable bonds is 10. The fourth-order valence-corrected chi connectivity index (χ4v) is 7.43. The topological polar surface area (TPSA) is 120 Å². The van der Waals surface area contributed by atoms with E-state index in [0.717, 1.165) is 12.8 Å². The molecule has 0 radical (unpaired) electrons. The van der Waals surface area contributed by atoms with Crippen LogP contribution in [-0.2, 0) is 14.8 Å². The number of carbonyl (C=O) groups excluding carboxylic acids is 1. The highest BCUT2D eigenvalue weighted by molar-refractivity contribution is 7.92. The third-order valence-corrected chi connectivity index (χ3v) is 9.71. The first-order valence-electron chi connectivity index (χ1n) is 13.4. The van der Waals surface area contributed by atoms with E-state index in [2.05, 4.69) is 15.4 Å². The smallest absolute Gasteiger partial charge is 0.248 e. The van der Waals surface area contributed by atoms with Gasteiger partial charge in [0.25, 0.3) is 0 Å². The molecule has 0 spiro atoms. The van der Waals surface area contributed by atoms with Gasteiger partial charge in [0.05, 0.1) is 11.4 Å². The first kappa shape index (κ1) is 29.0. The molecule has 39 heavy (non-hydrogen) atoms. The van der Waals surface area contributed by atoms with Crippen molar-refractivity contribution < 1.29 is 26.5 Å². The number of hydrogen-bond acceptors (Lipinski definition) is 7. The predicted octanol–water partition coefficient (Wildman–Crippen LogP) is 4.64. The molecule has 1 N–H and O–H groups in total. The van der Waals surface area contributed by atoms with Gasteiger partial charge in [-0.2, -0.15) is 5.26 Å². The fourth-order valence-electron chi connectivity index (χ4n) is 5.43. The lowest BCUT2D eigenvalue weighted by Crippen LogP contribution is -2.48. The molecule has 2 aliphatic rings. The lowest BCUT2D eigenvalue weighted by atomic mass is 9.88. The summed E-state index contributed by atoms with van der Waals surface area (Å²) in [5.41, 5.74) is 0.744. The van der Waals surface area contributed by atoms with Crippen LogP contribution in [0.1, 0.15) is 57.4 Å². The molecule has 212 valence electrons. The summed E-state index contributed by atoms with van der Waals surface area (Å²) in [7, 11) is -3.73. The Labute approximate surface area is 228 Å². The van der Waals surface area contributed by atoms with Gasteiger partial charge in [0.15, 0.2) is 5.82 Å². The van der Waals surface area contributed by atoms with Crippen molar-refractivity contribution in [1.29, 1.82) is 5.26 Å². The van der Waals surface area contributed by atoms with Crippen molar-refractivity contribution in [1.82, 2.24) is 10.1 Å². The number of nitriles is 1. The highest BCUT2D eigenvalue weighted by atomic mass is 32.2. The maximum atomic E-state index is 13.6. The molecule has 2 fully saturated rings. The lowest BCUT2D eigenvalue weighted by molar-refractivity contribution is -0.117. The predicted molar refractivity (Wildman–Crippen MR) is 143 cm³/mol. The van der Waals surface area contributed by atoms with Crippen LogP contribution in [0.4, 0.5) is 20.3 Å². The Kier molecular flexibility index (Phi) is 9.23. The Morgan fingerprint density at radius 3 is 2.51 bits per heavy atom. The van der Waals surface area contributed by atoms with Gasteiger partial charge in [0, 0.05) is 31.8 Å². The minimum atomic E-state index is -3.73. The van der Waals surface area contributed by atoms with E-state index in [1.54, 1.807) is 24.3 Å². The number of likely N-dealkylation sites (tertiary alicyclic amines) is 1. The van der Waals surface area contributed by atoms with Gasteiger partial charge in [-0.3, -0.25) is 14.0 Å². The van der Waals surface area contributed by atoms with Gasteiger partial charge in [-0.15, -0.1) is 0 Å². The number of halogens is 2. The molecule has 2 aromatic rings. The number of benzene rings is 1. The molecule has 1 amide bonds. The number of sulfonamides is 1. The highest BCUT2D eigenvalue weighted by Crippen LogP contribution is 2.37. The van der Waals surface area contributed by atoms with E-state index in [1.165, 1.54) is 10.6 Å². The third kappa shape index (κ3) is 7.76. The van der Waals surface area contributed by atoms with Crippen LogP contribution in [0.2, 0.25) is 0 Å². The Balaban J connectivity index is 1.33. The minimum absolute atomic E-state index is 0.0845. The number of carbonyl (C=O) groups is 1. The van der Waals surface area contributed by atoms with Gasteiger partial charge in [0.2, 0.25) is 21.9 Å². The Morgan fingerprint density at radius 1 is 1.21 bits per heavy atom. The number of alkyl halides is 2. The van der Waals surface area contributed by atoms with Crippen LogP contribution in [-0.4, -0.2) is 61.7 Å². The maximum Gasteiger partial charge on any atom is 0.248 e. The van der Waals surface area contributed by atoms with Gasteiger partial charge in [0.1, 0.15) is 17.9 Å². The molecule has 1 saturated heterocycles. The largest absolute Gasteiger partial charge is 0.361 e. The standard InChI is InChI=1S/C27H35F2N5O4S/c1-20(33-13-9-21(10-14-33)15-25(35)31-26-23(16-30)18-38-32-26)17-34(24-5-3-2-4-6-24)39(36,37)19-22-7-11-27(28,29)12-8-22/h2-6,18,20-22H,7-15,17,19H2,1H3,(H,31,32,35)/t20-/m1/s1. The van der Waals surface area contributed by atoms with Crippen LogP contribution in [0.25, 0.3) is 0 Å². The van der Waals surface area contributed by atoms with Gasteiger partial charge in [-0.05, 0) is 69.7 Å². The normalized spacial score (nSPS) is 19.7. The van der Waals surface area contributed by atoms with Crippen molar-refractivity contribution >= 4 is 27.4 Å². The van der Waals surface area contributed by atoms with Crippen LogP contribution < -0.4 is 9.62 Å². The molecule has 1 atom stereocenters. The van der Waals surface area contributed by atoms with E-state index in [-0.39, 0.29) is 73.1 Å². The minimum Gasteiger partial charge on any atom is -0.361 e. The number of aromatic nitrogens is 1. The summed E-state index contributed by atoms with van der Waals surface area (Å²) in [6.07, 6.45) is 2.92. The second-order valence-corrected chi connectivity index (χ2v) is 12.7. The van der Waals surface area contributed by atoms with E-state index < -0.39 is 15.9 Å². The van der Waals surface area contributed by atoms with Crippen molar-refractivity contribution in [2.24, 2.45) is 11.8 Å². The lowest BCUT2D eigenvalue weighted by Gasteiger charge is -2.38. The first-order valence-corrected chi connectivity index (χ1v) is 15.0. The second-order valence-electron chi connectivity index (χ2n) is 10.7. The first-order chi connectivity index (χ1) is 18.6. The molecule has 0 bridgehead atoms. The molecule has 4 rings (SSSR count). The quantitative estimate of drug-likeness (QED) is 0.447. The van der Waals surface area contributed by atoms with Crippen LogP contribution in [0.5, 0.6) is 0 Å². The molecule has 1 aromatic heterocycles. The van der Waals surface area contributed by atoms with E-state index >= 15 is 0 Å². The average Bonchev–Trinajstić information content (AvgIpc) is 3.36. The number of amides is 1. The fraction of sp³-hybridized carbons (Fsp3) is 0.593. The Bertz CT molecular complexity index is 1250. The molecular formula is C27H35F2N5O4S. The number of piperidine rings is 1. The highest BCUT2D eigenvalue weighted by Gasteiger charge is 2.38. The zero-order chi connectivity index (χ0) is 28.0. The number of hydrogen-bond donors (Lipinski definition) is 1. The maximum absolute atomic E-state index is 13.6. The molecule has 1 aromatic carbocycles. The Hall–Kier alpha value is -3.04. The number of nitrogens with zero attached hydrogens (tertiary/aromatic N) is 4. The molecule has 0 unspecified atom stereocenters. The van der Waals surface area contributed by atoms with Crippen LogP contribution in [0.3, 0.4) is 0 Å². The summed E-state index contributed by atoms with van der Waals surface area (Å²) in [5.74, 6) is -3.06. The van der Waals surface area contributed by atoms with Crippen molar-refractivity contribution in [2.45, 2.75) is 63.8 Å². The summed E-state index contributed by atoms with van der Waals surface area (Å²) in [6.45, 7) is 3.68. The molecule has 1 saturated carbocycles. The van der Waals surface area contributed by atoms with E-state index in [9.17, 15) is 22.0 Å². The van der Waals surface area contributed by atoms with Crippen molar-refractivity contribution in [2.75, 3.05) is 35.0 Å². The van der Waals surface area contributed by atoms with Crippen LogP contribution >= 0.6 is 0 Å². The molecule has 1 aliphatic carbocycles. The number of anilines is 2. The van der Waals surface area contributed by atoms with E-state index in [4.69, 9.17) is 9.78 Å². The van der Waals surface area contributed by atoms with Crippen LogP contribution in [0.15, 0.2) is 41.1 Å². The number of nitrogens with one attached hydrogen (secondary N) is 1. The van der Waals surface area contributed by atoms with Crippen molar-refractivity contribution in [3.8, 4) is 6.07 Å². The van der Waals surface area contributed by atoms with E-state index in [0.29, 0.717) is 25.2 Å². The van der Waals surface area contributed by atoms with Gasteiger partial charge < -0.3 is 9.84 Å². The third-order valence-electron chi connectivity index (χ3n) is 7.79. The van der Waals surface area contributed by atoms with Gasteiger partial charge in [-0.25, -0.2) is 17.2 Å². The second kappa shape index (κ2) is 12.4. The van der Waals surface area contributed by atoms with Gasteiger partial charge in [-0.1, -0.05) is 23.4 Å². The molecular weight excluding hydrogens is 528 g/mol. The molecule has 1 aliphatic heterocycles. The molecule has 9 nitrogen and oxygen atoms in total. The average molecular weight is 564 g/mol. The summed E-state index contributed by atoms with van der Waals surface area (Å²) in [6, 6.07) is 10.8. The van der Waals surface area contributed by atoms with E-state index in [1.807, 2.05) is 19.1 Å². The summed E-state index contributed by atoms with van der Waals surface area (Å²) in [4.78, 5) is 14.7. The molecule has 2 heterocycles. The molecule has 12 heteroatoms. The summed E-state index contributed by atoms with van der Waals surface area (Å²) in [5, 5.41) is 15.3. The zero-order valence-corrected chi connectivity index (χ0v) is 22.9. The summed E-state index contributed by atoms with van der Waals surface area (Å²) < 4.78 is 60.6. The SMILES string of the molecule is C[C@H](CN(c1ccccc1)S(=O)(=O)CC1CCC(F)(F)CC1)N1CCC(CC(=O)Nc2nocc2C#N)CC1. The number of para-hydroxylation sites is 1.